The van der Waals surface area contributed by atoms with Crippen LogP contribution in [-0.4, -0.2) is 16.2 Å². The summed E-state index contributed by atoms with van der Waals surface area (Å²) >= 11 is 0. The number of rotatable bonds is 2. The minimum Gasteiger partial charge on any atom is -0.306 e. The van der Waals surface area contributed by atoms with Crippen LogP contribution < -0.4 is 5.69 Å². The lowest BCUT2D eigenvalue weighted by atomic mass is 9.96. The number of aromatic nitrogens is 2. The van der Waals surface area contributed by atoms with Crippen LogP contribution in [0.15, 0.2) is 40.1 Å². The van der Waals surface area contributed by atoms with Crippen LogP contribution >= 0.6 is 0 Å². The van der Waals surface area contributed by atoms with E-state index in [0.29, 0.717) is 5.92 Å². The summed E-state index contributed by atoms with van der Waals surface area (Å²) in [6.07, 6.45) is 9.85. The summed E-state index contributed by atoms with van der Waals surface area (Å²) in [5.41, 5.74) is 2.33. The molecule has 4 nitrogen and oxygen atoms in total. The van der Waals surface area contributed by atoms with Crippen molar-refractivity contribution in [3.05, 3.63) is 40.8 Å². The quantitative estimate of drug-likeness (QED) is 0.616. The van der Waals surface area contributed by atoms with Gasteiger partial charge in [-0.05, 0) is 43.4 Å². The summed E-state index contributed by atoms with van der Waals surface area (Å²) in [4.78, 5) is 21.1. The van der Waals surface area contributed by atoms with Crippen LogP contribution in [-0.2, 0) is 0 Å². The van der Waals surface area contributed by atoms with Crippen LogP contribution in [0.3, 0.4) is 0 Å². The van der Waals surface area contributed by atoms with Gasteiger partial charge in [0.2, 0.25) is 0 Å². The van der Waals surface area contributed by atoms with Crippen LogP contribution in [0.1, 0.15) is 19.3 Å². The van der Waals surface area contributed by atoms with Gasteiger partial charge in [-0.1, -0.05) is 12.2 Å². The number of hydrogen-bond acceptors (Lipinski definition) is 2. The monoisotopic (exact) mass is 241 g/mol. The Kier molecular flexibility index (Phi) is 2.84. The lowest BCUT2D eigenvalue weighted by molar-refractivity contribution is 0.628. The molecule has 0 saturated heterocycles. The molecule has 1 aromatic carbocycles. The van der Waals surface area contributed by atoms with Crippen molar-refractivity contribution in [1.82, 2.24) is 9.97 Å². The first kappa shape index (κ1) is 11.0. The fourth-order valence-electron chi connectivity index (χ4n) is 2.24. The molecule has 4 heteroatoms. The second-order valence-corrected chi connectivity index (χ2v) is 4.63. The summed E-state index contributed by atoms with van der Waals surface area (Å²) in [7, 11) is 0. The standard InChI is InChI=1S/C14H15N3O/c18-14-16-12-7-6-11(8-13(12)17-14)15-9-10-4-2-1-3-5-10/h1-2,6-10H,3-5H2,(H2,16,17,18). The van der Waals surface area contributed by atoms with E-state index in [1.54, 1.807) is 0 Å². The van der Waals surface area contributed by atoms with Crippen molar-refractivity contribution < 1.29 is 0 Å². The minimum absolute atomic E-state index is 0.177. The topological polar surface area (TPSA) is 61.0 Å². The summed E-state index contributed by atoms with van der Waals surface area (Å²) in [6, 6.07) is 5.68. The highest BCUT2D eigenvalue weighted by molar-refractivity contribution is 5.79. The van der Waals surface area contributed by atoms with Gasteiger partial charge in [0.1, 0.15) is 0 Å². The molecule has 0 saturated carbocycles. The van der Waals surface area contributed by atoms with Crippen molar-refractivity contribution in [2.45, 2.75) is 19.3 Å². The van der Waals surface area contributed by atoms with Gasteiger partial charge in [0.25, 0.3) is 0 Å². The first-order valence-corrected chi connectivity index (χ1v) is 6.22. The molecule has 1 aromatic heterocycles. The maximum absolute atomic E-state index is 11.1. The van der Waals surface area contributed by atoms with E-state index in [1.807, 2.05) is 24.4 Å². The van der Waals surface area contributed by atoms with Gasteiger partial charge in [-0.2, -0.15) is 0 Å². The molecule has 3 rings (SSSR count). The van der Waals surface area contributed by atoms with E-state index in [9.17, 15) is 4.79 Å². The fourth-order valence-corrected chi connectivity index (χ4v) is 2.24. The number of H-pyrrole nitrogens is 2. The van der Waals surface area contributed by atoms with Crippen molar-refractivity contribution in [3.8, 4) is 0 Å². The third kappa shape index (κ3) is 2.27. The minimum atomic E-state index is -0.177. The smallest absolute Gasteiger partial charge is 0.306 e. The van der Waals surface area contributed by atoms with Crippen molar-refractivity contribution in [1.29, 1.82) is 0 Å². The molecule has 1 atom stereocenters. The molecular formula is C14H15N3O. The summed E-state index contributed by atoms with van der Waals surface area (Å²) in [6.45, 7) is 0. The van der Waals surface area contributed by atoms with Crippen LogP contribution in [0.5, 0.6) is 0 Å². The lowest BCUT2D eigenvalue weighted by Gasteiger charge is -2.11. The molecule has 2 aromatic rings. The van der Waals surface area contributed by atoms with E-state index in [0.717, 1.165) is 29.6 Å². The Morgan fingerprint density at radius 1 is 1.22 bits per heavy atom. The molecule has 1 aliphatic rings. The average Bonchev–Trinajstić information content (AvgIpc) is 2.77. The van der Waals surface area contributed by atoms with Gasteiger partial charge in [0.05, 0.1) is 16.7 Å². The lowest BCUT2D eigenvalue weighted by Crippen LogP contribution is -2.02. The SMILES string of the molecule is O=c1[nH]c2ccc(N=CC3CC=CCC3)cc2[nH]1. The fraction of sp³-hybridized carbons (Fsp3) is 0.286. The number of benzene rings is 1. The largest absolute Gasteiger partial charge is 0.323 e. The van der Waals surface area contributed by atoms with E-state index in [1.165, 1.54) is 6.42 Å². The Hall–Kier alpha value is -2.10. The molecule has 18 heavy (non-hydrogen) atoms. The van der Waals surface area contributed by atoms with E-state index in [-0.39, 0.29) is 5.69 Å². The third-order valence-electron chi connectivity index (χ3n) is 3.24. The number of fused-ring (bicyclic) bond motifs is 1. The average molecular weight is 241 g/mol. The molecular weight excluding hydrogens is 226 g/mol. The normalized spacial score (nSPS) is 19.9. The zero-order chi connectivity index (χ0) is 12.4. The number of aromatic amines is 2. The molecule has 0 amide bonds. The second kappa shape index (κ2) is 4.64. The number of aliphatic imine (C=N–C) groups is 1. The first-order chi connectivity index (χ1) is 8.81. The number of imidazole rings is 1. The Morgan fingerprint density at radius 3 is 2.94 bits per heavy atom. The molecule has 0 bridgehead atoms. The summed E-state index contributed by atoms with van der Waals surface area (Å²) in [5, 5.41) is 0. The molecule has 1 unspecified atom stereocenters. The maximum Gasteiger partial charge on any atom is 0.323 e. The van der Waals surface area contributed by atoms with Crippen molar-refractivity contribution in [3.63, 3.8) is 0 Å². The van der Waals surface area contributed by atoms with E-state index >= 15 is 0 Å². The van der Waals surface area contributed by atoms with Gasteiger partial charge in [-0.25, -0.2) is 4.79 Å². The van der Waals surface area contributed by atoms with Gasteiger partial charge in [0, 0.05) is 6.21 Å². The van der Waals surface area contributed by atoms with Gasteiger partial charge in [0.15, 0.2) is 0 Å². The number of hydrogen-bond donors (Lipinski definition) is 2. The van der Waals surface area contributed by atoms with Crippen LogP contribution in [0.4, 0.5) is 5.69 Å². The Morgan fingerprint density at radius 2 is 2.11 bits per heavy atom. The summed E-state index contributed by atoms with van der Waals surface area (Å²) in [5.74, 6) is 0.538. The van der Waals surface area contributed by atoms with E-state index in [2.05, 4.69) is 27.1 Å². The Labute approximate surface area is 104 Å². The molecule has 0 fully saturated rings. The molecule has 1 heterocycles. The highest BCUT2D eigenvalue weighted by Crippen LogP contribution is 2.20. The van der Waals surface area contributed by atoms with Crippen LogP contribution in [0.2, 0.25) is 0 Å². The van der Waals surface area contributed by atoms with Crippen molar-refractivity contribution in [2.24, 2.45) is 10.9 Å². The zero-order valence-electron chi connectivity index (χ0n) is 10.0. The van der Waals surface area contributed by atoms with Gasteiger partial charge >= 0.3 is 5.69 Å². The van der Waals surface area contributed by atoms with E-state index in [4.69, 9.17) is 0 Å². The molecule has 2 N–H and O–H groups in total. The molecule has 0 radical (unpaired) electrons. The van der Waals surface area contributed by atoms with Crippen molar-refractivity contribution >= 4 is 22.9 Å². The van der Waals surface area contributed by atoms with E-state index < -0.39 is 0 Å². The van der Waals surface area contributed by atoms with Gasteiger partial charge in [-0.15, -0.1) is 0 Å². The molecule has 1 aliphatic carbocycles. The number of nitrogens with zero attached hydrogens (tertiary/aromatic N) is 1. The molecule has 0 spiro atoms. The van der Waals surface area contributed by atoms with Crippen LogP contribution in [0, 0.1) is 5.92 Å². The predicted molar refractivity (Wildman–Crippen MR) is 73.6 cm³/mol. The summed E-state index contributed by atoms with van der Waals surface area (Å²) < 4.78 is 0. The van der Waals surface area contributed by atoms with Gasteiger partial charge < -0.3 is 9.97 Å². The third-order valence-corrected chi connectivity index (χ3v) is 3.24. The molecule has 92 valence electrons. The zero-order valence-corrected chi connectivity index (χ0v) is 10.0. The molecule has 0 aliphatic heterocycles. The van der Waals surface area contributed by atoms with Crippen molar-refractivity contribution in [2.75, 3.05) is 0 Å². The highest BCUT2D eigenvalue weighted by Gasteiger charge is 2.06. The number of allylic oxidation sites excluding steroid dienone is 2. The Bertz CT molecular complexity index is 663. The maximum atomic E-state index is 11.1. The second-order valence-electron chi connectivity index (χ2n) is 4.63. The highest BCUT2D eigenvalue weighted by atomic mass is 16.1. The first-order valence-electron chi connectivity index (χ1n) is 6.22. The predicted octanol–water partition coefficient (Wildman–Crippen LogP) is 2.91. The Balaban J connectivity index is 1.83. The number of nitrogens with one attached hydrogen (secondary N) is 2. The van der Waals surface area contributed by atoms with Crippen LogP contribution in [0.25, 0.3) is 11.0 Å². The van der Waals surface area contributed by atoms with Gasteiger partial charge in [-0.3, -0.25) is 4.99 Å².